The van der Waals surface area contributed by atoms with Crippen LogP contribution in [0.4, 0.5) is 5.69 Å². The standard InChI is InChI=1S/C38H50ClN3O6S/c1-25-9-8-16-38(24-43,47-3)33-15-13-28(33)22-42-18-7-5-10-27-19-31(39)14-12-29(27)23-48-36-32(34-11-4-6-17-40-34)20-30(21-35(36)42)37(44)41-49(45,46)26(25)2/h8,12,14,16,19-21,24-26,28,33-34,40H,4-7,9-11,13,15,17-18,22-23H2,1-3H3,(H,41,44)/b16-8+/t25-,26+,28-,33+,34?,38-/m0/s1. The number of hydrogen-bond acceptors (Lipinski definition) is 8. The Hall–Kier alpha value is -2.92. The van der Waals surface area contributed by atoms with Gasteiger partial charge in [-0.3, -0.25) is 9.59 Å². The number of piperidine rings is 1. The Morgan fingerprint density at radius 3 is 2.61 bits per heavy atom. The van der Waals surface area contributed by atoms with Gasteiger partial charge in [-0.25, -0.2) is 13.1 Å². The first-order valence-corrected chi connectivity index (χ1v) is 19.8. The molecule has 3 aliphatic heterocycles. The first kappa shape index (κ1) is 35.9. The molecule has 1 saturated heterocycles. The highest BCUT2D eigenvalue weighted by Crippen LogP contribution is 2.47. The monoisotopic (exact) mass is 711 g/mol. The first-order valence-electron chi connectivity index (χ1n) is 17.9. The number of fused-ring (bicyclic) bond motifs is 3. The van der Waals surface area contributed by atoms with Crippen molar-refractivity contribution in [1.29, 1.82) is 0 Å². The molecular formula is C38H50ClN3O6S. The summed E-state index contributed by atoms with van der Waals surface area (Å²) in [5, 5.41) is 3.48. The zero-order valence-electron chi connectivity index (χ0n) is 28.9. The molecule has 1 unspecified atom stereocenters. The van der Waals surface area contributed by atoms with Crippen molar-refractivity contribution in [2.45, 2.75) is 95.1 Å². The SMILES string of the molecule is CO[C@]1(C=O)/C=C/C[C@H](C)[C@@H](C)S(=O)(=O)NC(=O)c2cc(C3CCCCN3)c3c(c2)N(CCCCc2cc(Cl)ccc2CO3)C[C@@H]2CC[C@H]21. The lowest BCUT2D eigenvalue weighted by Gasteiger charge is -2.47. The summed E-state index contributed by atoms with van der Waals surface area (Å²) in [7, 11) is -2.45. The molecule has 2 N–H and O–H groups in total. The molecule has 2 fully saturated rings. The zero-order chi connectivity index (χ0) is 34.8. The molecule has 3 heterocycles. The van der Waals surface area contributed by atoms with Gasteiger partial charge in [-0.1, -0.05) is 37.1 Å². The number of anilines is 1. The second-order valence-electron chi connectivity index (χ2n) is 14.4. The molecule has 2 bridgehead atoms. The van der Waals surface area contributed by atoms with E-state index in [1.165, 1.54) is 0 Å². The lowest BCUT2D eigenvalue weighted by Crippen LogP contribution is -2.52. The summed E-state index contributed by atoms with van der Waals surface area (Å²) in [5.74, 6) is -0.146. The largest absolute Gasteiger partial charge is 0.486 e. The number of nitrogens with zero attached hydrogens (tertiary/aromatic N) is 1. The normalized spacial score (nSPS) is 31.4. The van der Waals surface area contributed by atoms with E-state index in [4.69, 9.17) is 21.1 Å². The Morgan fingerprint density at radius 1 is 1.06 bits per heavy atom. The smallest absolute Gasteiger partial charge is 0.264 e. The topological polar surface area (TPSA) is 114 Å². The van der Waals surface area contributed by atoms with E-state index >= 15 is 0 Å². The van der Waals surface area contributed by atoms with Crippen molar-refractivity contribution in [2.75, 3.05) is 31.6 Å². The minimum atomic E-state index is -4.03. The van der Waals surface area contributed by atoms with Gasteiger partial charge in [0.25, 0.3) is 5.91 Å². The van der Waals surface area contributed by atoms with Crippen LogP contribution in [0, 0.1) is 17.8 Å². The molecular weight excluding hydrogens is 662 g/mol. The summed E-state index contributed by atoms with van der Waals surface area (Å²) >= 11 is 6.43. The number of carbonyl (C=O) groups is 2. The second kappa shape index (κ2) is 15.1. The Labute approximate surface area is 296 Å². The number of methoxy groups -OCH3 is 1. The number of sulfonamides is 1. The van der Waals surface area contributed by atoms with Crippen LogP contribution in [-0.4, -0.2) is 58.2 Å². The summed E-state index contributed by atoms with van der Waals surface area (Å²) in [6.45, 7) is 5.97. The quantitative estimate of drug-likeness (QED) is 0.273. The van der Waals surface area contributed by atoms with E-state index in [0.29, 0.717) is 36.9 Å². The van der Waals surface area contributed by atoms with Gasteiger partial charge >= 0.3 is 0 Å². The van der Waals surface area contributed by atoms with Crippen molar-refractivity contribution in [1.82, 2.24) is 10.0 Å². The molecule has 1 amide bonds. The number of rotatable bonds is 3. The van der Waals surface area contributed by atoms with E-state index in [1.807, 2.05) is 49.4 Å². The number of carbonyl (C=O) groups excluding carboxylic acids is 2. The molecule has 9 nitrogen and oxygen atoms in total. The summed E-state index contributed by atoms with van der Waals surface area (Å²) in [6.07, 6.45) is 12.4. The minimum absolute atomic E-state index is 0.0458. The maximum atomic E-state index is 14.0. The number of aryl methyl sites for hydroxylation is 1. The van der Waals surface area contributed by atoms with Gasteiger partial charge in [0.05, 0.1) is 10.9 Å². The number of ether oxygens (including phenoxy) is 2. The zero-order valence-corrected chi connectivity index (χ0v) is 30.5. The summed E-state index contributed by atoms with van der Waals surface area (Å²) in [6, 6.07) is 9.52. The van der Waals surface area contributed by atoms with E-state index in [-0.39, 0.29) is 29.4 Å². The van der Waals surface area contributed by atoms with Gasteiger partial charge in [-0.15, -0.1) is 0 Å². The number of amides is 1. The molecule has 0 spiro atoms. The van der Waals surface area contributed by atoms with Crippen LogP contribution in [0.2, 0.25) is 5.02 Å². The van der Waals surface area contributed by atoms with Crippen molar-refractivity contribution in [2.24, 2.45) is 17.8 Å². The molecule has 11 heteroatoms. The van der Waals surface area contributed by atoms with Gasteiger partial charge in [0.1, 0.15) is 18.0 Å². The first-order chi connectivity index (χ1) is 23.5. The summed E-state index contributed by atoms with van der Waals surface area (Å²) in [5.41, 5.74) is 3.04. The molecule has 266 valence electrons. The highest BCUT2D eigenvalue weighted by molar-refractivity contribution is 7.90. The molecule has 1 aliphatic carbocycles. The number of nitrogens with one attached hydrogen (secondary N) is 2. The van der Waals surface area contributed by atoms with Crippen LogP contribution in [-0.2, 0) is 32.6 Å². The number of allylic oxidation sites excluding steroid dienone is 1. The number of benzene rings is 2. The molecule has 49 heavy (non-hydrogen) atoms. The van der Waals surface area contributed by atoms with Crippen molar-refractivity contribution in [3.05, 3.63) is 69.8 Å². The fraction of sp³-hybridized carbons (Fsp3) is 0.579. The van der Waals surface area contributed by atoms with E-state index in [9.17, 15) is 18.0 Å². The highest BCUT2D eigenvalue weighted by atomic mass is 35.5. The van der Waals surface area contributed by atoms with Crippen LogP contribution in [0.5, 0.6) is 5.75 Å². The van der Waals surface area contributed by atoms with Crippen molar-refractivity contribution < 1.29 is 27.5 Å². The van der Waals surface area contributed by atoms with Crippen LogP contribution < -0.4 is 19.7 Å². The number of hydrogen-bond donors (Lipinski definition) is 2. The fourth-order valence-corrected chi connectivity index (χ4v) is 9.49. The molecule has 4 aliphatic rings. The van der Waals surface area contributed by atoms with E-state index in [0.717, 1.165) is 86.6 Å². The van der Waals surface area contributed by atoms with Crippen molar-refractivity contribution in [3.8, 4) is 5.75 Å². The molecule has 0 aromatic heterocycles. The summed E-state index contributed by atoms with van der Waals surface area (Å²) < 4.78 is 42.4. The van der Waals surface area contributed by atoms with E-state index in [2.05, 4.69) is 14.9 Å². The fourth-order valence-electron chi connectivity index (χ4n) is 8.01. The van der Waals surface area contributed by atoms with Gasteiger partial charge in [-0.2, -0.15) is 0 Å². The Balaban J connectivity index is 1.52. The minimum Gasteiger partial charge on any atom is -0.486 e. The molecule has 6 atom stereocenters. The third-order valence-corrected chi connectivity index (χ3v) is 13.6. The van der Waals surface area contributed by atoms with Gasteiger partial charge in [-0.05, 0) is 118 Å². The van der Waals surface area contributed by atoms with Crippen molar-refractivity contribution >= 4 is 39.5 Å². The Bertz CT molecular complexity index is 1680. The van der Waals surface area contributed by atoms with Gasteiger partial charge in [0.2, 0.25) is 10.0 Å². The second-order valence-corrected chi connectivity index (χ2v) is 16.9. The van der Waals surface area contributed by atoms with Crippen LogP contribution in [0.1, 0.15) is 98.3 Å². The van der Waals surface area contributed by atoms with E-state index in [1.54, 1.807) is 14.0 Å². The Kier molecular flexibility index (Phi) is 11.1. The molecule has 0 radical (unpaired) electrons. The van der Waals surface area contributed by atoms with Gasteiger partial charge in [0, 0.05) is 48.3 Å². The van der Waals surface area contributed by atoms with Crippen LogP contribution in [0.25, 0.3) is 0 Å². The third kappa shape index (κ3) is 7.58. The van der Waals surface area contributed by atoms with E-state index < -0.39 is 26.8 Å². The highest BCUT2D eigenvalue weighted by Gasteiger charge is 2.47. The molecule has 2 aromatic rings. The summed E-state index contributed by atoms with van der Waals surface area (Å²) in [4.78, 5) is 29.1. The Morgan fingerprint density at radius 2 is 1.90 bits per heavy atom. The number of aldehydes is 1. The van der Waals surface area contributed by atoms with Gasteiger partial charge < -0.3 is 19.7 Å². The predicted molar refractivity (Wildman–Crippen MR) is 193 cm³/mol. The van der Waals surface area contributed by atoms with Crippen LogP contribution >= 0.6 is 11.6 Å². The maximum Gasteiger partial charge on any atom is 0.264 e. The third-order valence-electron chi connectivity index (χ3n) is 11.5. The lowest BCUT2D eigenvalue weighted by molar-refractivity contribution is -0.135. The predicted octanol–water partition coefficient (Wildman–Crippen LogP) is 6.53. The van der Waals surface area contributed by atoms with Gasteiger partial charge in [0.15, 0.2) is 6.29 Å². The number of halogens is 1. The van der Waals surface area contributed by atoms with Crippen LogP contribution in [0.15, 0.2) is 42.5 Å². The molecule has 1 saturated carbocycles. The maximum absolute atomic E-state index is 14.0. The lowest BCUT2D eigenvalue weighted by atomic mass is 9.64. The van der Waals surface area contributed by atoms with Crippen molar-refractivity contribution in [3.63, 3.8) is 0 Å². The average molecular weight is 712 g/mol. The average Bonchev–Trinajstić information content (AvgIpc) is 3.11. The molecule has 2 aromatic carbocycles. The molecule has 6 rings (SSSR count). The van der Waals surface area contributed by atoms with Crippen LogP contribution in [0.3, 0.4) is 0 Å².